The van der Waals surface area contributed by atoms with Gasteiger partial charge in [0.15, 0.2) is 0 Å². The molecule has 1 aromatic rings. The fourth-order valence-corrected chi connectivity index (χ4v) is 2.36. The number of terminal acetylenes is 1. The molecule has 0 aliphatic heterocycles. The maximum Gasteiger partial charge on any atom is 0.0514 e. The van der Waals surface area contributed by atoms with Crippen LogP contribution in [-0.2, 0) is 0 Å². The summed E-state index contributed by atoms with van der Waals surface area (Å²) in [4.78, 5) is 0. The van der Waals surface area contributed by atoms with Crippen LogP contribution < -0.4 is 5.32 Å². The zero-order chi connectivity index (χ0) is 11.3. The van der Waals surface area contributed by atoms with Crippen LogP contribution in [0.15, 0.2) is 16.6 Å². The summed E-state index contributed by atoms with van der Waals surface area (Å²) in [5.41, 5.74) is 3.72. The summed E-state index contributed by atoms with van der Waals surface area (Å²) in [6.45, 7) is 5.13. The van der Waals surface area contributed by atoms with Crippen LogP contribution in [0, 0.1) is 26.2 Å². The minimum absolute atomic E-state index is 0.829. The minimum atomic E-state index is 0.829. The Kier molecular flexibility index (Phi) is 4.71. The van der Waals surface area contributed by atoms with Crippen molar-refractivity contribution in [1.29, 1.82) is 0 Å². The van der Waals surface area contributed by atoms with Crippen LogP contribution in [0.4, 0.5) is 5.69 Å². The highest BCUT2D eigenvalue weighted by Gasteiger charge is 2.03. The summed E-state index contributed by atoms with van der Waals surface area (Å²) in [6.07, 6.45) is 7.04. The number of nitrogens with one attached hydrogen (secondary N) is 1. The molecule has 0 spiro atoms. The van der Waals surface area contributed by atoms with E-state index >= 15 is 0 Å². The third-order valence-electron chi connectivity index (χ3n) is 2.23. The molecule has 0 aliphatic carbocycles. The van der Waals surface area contributed by atoms with Gasteiger partial charge < -0.3 is 5.32 Å². The average Bonchev–Trinajstić information content (AvgIpc) is 2.15. The van der Waals surface area contributed by atoms with Gasteiger partial charge in [-0.3, -0.25) is 0 Å². The van der Waals surface area contributed by atoms with Gasteiger partial charge in [0.2, 0.25) is 0 Å². The molecule has 0 bridgehead atoms. The fraction of sp³-hybridized carbons (Fsp3) is 0.385. The number of unbranched alkanes of at least 4 members (excludes halogenated alkanes) is 1. The van der Waals surface area contributed by atoms with E-state index in [9.17, 15) is 0 Å². The van der Waals surface area contributed by atoms with Crippen molar-refractivity contribution in [3.05, 3.63) is 27.7 Å². The van der Waals surface area contributed by atoms with E-state index in [1.807, 2.05) is 0 Å². The van der Waals surface area contributed by atoms with Crippen molar-refractivity contribution in [3.8, 4) is 12.3 Å². The van der Waals surface area contributed by atoms with Crippen LogP contribution in [0.1, 0.15) is 24.0 Å². The van der Waals surface area contributed by atoms with E-state index in [4.69, 9.17) is 6.42 Å². The second kappa shape index (κ2) is 5.82. The maximum atomic E-state index is 5.20. The van der Waals surface area contributed by atoms with Crippen molar-refractivity contribution < 1.29 is 0 Å². The molecule has 80 valence electrons. The zero-order valence-corrected chi connectivity index (χ0v) is 10.8. The van der Waals surface area contributed by atoms with Crippen molar-refractivity contribution in [2.75, 3.05) is 11.9 Å². The smallest absolute Gasteiger partial charge is 0.0514 e. The van der Waals surface area contributed by atoms with Crippen molar-refractivity contribution in [3.63, 3.8) is 0 Å². The van der Waals surface area contributed by atoms with Crippen LogP contribution >= 0.6 is 15.9 Å². The number of hydrogen-bond acceptors (Lipinski definition) is 1. The van der Waals surface area contributed by atoms with Gasteiger partial charge in [-0.1, -0.05) is 6.07 Å². The minimum Gasteiger partial charge on any atom is -0.384 e. The molecule has 0 radical (unpaired) electrons. The van der Waals surface area contributed by atoms with Crippen LogP contribution in [0.3, 0.4) is 0 Å². The first-order valence-corrected chi connectivity index (χ1v) is 5.88. The number of rotatable bonds is 4. The fourth-order valence-electron chi connectivity index (χ4n) is 1.54. The maximum absolute atomic E-state index is 5.20. The molecule has 0 saturated heterocycles. The Labute approximate surface area is 100 Å². The van der Waals surface area contributed by atoms with Crippen LogP contribution in [0.2, 0.25) is 0 Å². The predicted octanol–water partition coefficient (Wildman–Crippen LogP) is 3.89. The topological polar surface area (TPSA) is 12.0 Å². The van der Waals surface area contributed by atoms with Crippen molar-refractivity contribution in [1.82, 2.24) is 0 Å². The van der Waals surface area contributed by atoms with Gasteiger partial charge in [-0.05, 0) is 53.4 Å². The molecule has 0 atom stereocenters. The normalized spacial score (nSPS) is 9.73. The standard InChI is InChI=1S/C13H16BrN/c1-4-5-6-7-15-13-11(3)8-10(2)9-12(13)14/h1,8-9,15H,5-7H2,2-3H3. The Bertz CT molecular complexity index is 354. The van der Waals surface area contributed by atoms with Gasteiger partial charge in [-0.2, -0.15) is 0 Å². The highest BCUT2D eigenvalue weighted by Crippen LogP contribution is 2.27. The Morgan fingerprint density at radius 1 is 1.40 bits per heavy atom. The van der Waals surface area contributed by atoms with E-state index in [2.05, 4.69) is 53.1 Å². The molecule has 1 rings (SSSR count). The second-order valence-electron chi connectivity index (χ2n) is 3.67. The highest BCUT2D eigenvalue weighted by molar-refractivity contribution is 9.10. The lowest BCUT2D eigenvalue weighted by atomic mass is 10.1. The van der Waals surface area contributed by atoms with Gasteiger partial charge in [0, 0.05) is 17.4 Å². The van der Waals surface area contributed by atoms with Gasteiger partial charge in [0.05, 0.1) is 5.69 Å². The summed E-state index contributed by atoms with van der Waals surface area (Å²) >= 11 is 3.56. The molecule has 0 amide bonds. The molecular formula is C13H16BrN. The highest BCUT2D eigenvalue weighted by atomic mass is 79.9. The van der Waals surface area contributed by atoms with Crippen LogP contribution in [-0.4, -0.2) is 6.54 Å². The summed E-state index contributed by atoms with van der Waals surface area (Å²) in [5, 5.41) is 3.40. The van der Waals surface area contributed by atoms with Crippen LogP contribution in [0.25, 0.3) is 0 Å². The number of anilines is 1. The first-order chi connectivity index (χ1) is 7.15. The zero-order valence-electron chi connectivity index (χ0n) is 9.23. The molecule has 0 unspecified atom stereocenters. The SMILES string of the molecule is C#CCCCNc1c(C)cc(C)cc1Br. The third-order valence-corrected chi connectivity index (χ3v) is 2.86. The van der Waals surface area contributed by atoms with E-state index in [-0.39, 0.29) is 0 Å². The summed E-state index contributed by atoms with van der Waals surface area (Å²) in [5.74, 6) is 2.64. The quantitative estimate of drug-likeness (QED) is 0.644. The molecule has 1 N–H and O–H groups in total. The lowest BCUT2D eigenvalue weighted by molar-refractivity contribution is 0.905. The molecule has 0 aromatic heterocycles. The van der Waals surface area contributed by atoms with Gasteiger partial charge in [-0.25, -0.2) is 0 Å². The van der Waals surface area contributed by atoms with Crippen LogP contribution in [0.5, 0.6) is 0 Å². The molecule has 1 aromatic carbocycles. The molecule has 0 aliphatic rings. The van der Waals surface area contributed by atoms with E-state index in [0.717, 1.165) is 23.9 Å². The Morgan fingerprint density at radius 3 is 2.73 bits per heavy atom. The van der Waals surface area contributed by atoms with Gasteiger partial charge in [-0.15, -0.1) is 12.3 Å². The van der Waals surface area contributed by atoms with Gasteiger partial charge in [0.1, 0.15) is 0 Å². The van der Waals surface area contributed by atoms with E-state index in [1.165, 1.54) is 16.8 Å². The summed E-state index contributed by atoms with van der Waals surface area (Å²) in [6, 6.07) is 4.30. The largest absolute Gasteiger partial charge is 0.384 e. The van der Waals surface area contributed by atoms with Crippen molar-refractivity contribution >= 4 is 21.6 Å². The first kappa shape index (κ1) is 12.1. The number of hydrogen-bond donors (Lipinski definition) is 1. The molecule has 0 fully saturated rings. The third kappa shape index (κ3) is 3.60. The van der Waals surface area contributed by atoms with Crippen molar-refractivity contribution in [2.45, 2.75) is 26.7 Å². The summed E-state index contributed by atoms with van der Waals surface area (Å²) in [7, 11) is 0. The summed E-state index contributed by atoms with van der Waals surface area (Å²) < 4.78 is 1.13. The molecule has 15 heavy (non-hydrogen) atoms. The molecule has 0 saturated carbocycles. The second-order valence-corrected chi connectivity index (χ2v) is 4.53. The molecule has 1 nitrogen and oxygen atoms in total. The monoisotopic (exact) mass is 265 g/mol. The molecule has 0 heterocycles. The Morgan fingerprint density at radius 2 is 2.13 bits per heavy atom. The predicted molar refractivity (Wildman–Crippen MR) is 70.2 cm³/mol. The first-order valence-electron chi connectivity index (χ1n) is 5.09. The van der Waals surface area contributed by atoms with E-state index in [0.29, 0.717) is 0 Å². The Hall–Kier alpha value is -0.940. The van der Waals surface area contributed by atoms with E-state index in [1.54, 1.807) is 0 Å². The Balaban J connectivity index is 2.65. The number of benzene rings is 1. The van der Waals surface area contributed by atoms with Crippen molar-refractivity contribution in [2.24, 2.45) is 0 Å². The molecule has 2 heteroatoms. The number of halogens is 1. The molecular weight excluding hydrogens is 250 g/mol. The van der Waals surface area contributed by atoms with Gasteiger partial charge in [0.25, 0.3) is 0 Å². The lowest BCUT2D eigenvalue weighted by Crippen LogP contribution is -2.03. The average molecular weight is 266 g/mol. The van der Waals surface area contributed by atoms with E-state index < -0.39 is 0 Å². The van der Waals surface area contributed by atoms with Gasteiger partial charge >= 0.3 is 0 Å². The lowest BCUT2D eigenvalue weighted by Gasteiger charge is -2.12. The number of aryl methyl sites for hydroxylation is 2.